The number of nitrogens with one attached hydrogen (secondary N) is 1. The van der Waals surface area contributed by atoms with Gasteiger partial charge in [-0.2, -0.15) is 5.26 Å². The van der Waals surface area contributed by atoms with Crippen LogP contribution in [0.5, 0.6) is 0 Å². The number of hydrogen-bond acceptors (Lipinski definition) is 2. The van der Waals surface area contributed by atoms with Crippen molar-refractivity contribution in [3.63, 3.8) is 0 Å². The second-order valence-electron chi connectivity index (χ2n) is 4.38. The molecular weight excluding hydrogens is 283 g/mol. The van der Waals surface area contributed by atoms with Gasteiger partial charge in [-0.15, -0.1) is 0 Å². The van der Waals surface area contributed by atoms with Crippen LogP contribution in [0.15, 0.2) is 22.7 Å². The van der Waals surface area contributed by atoms with Crippen LogP contribution in [0.25, 0.3) is 0 Å². The highest BCUT2D eigenvalue weighted by molar-refractivity contribution is 9.10. The zero-order chi connectivity index (χ0) is 12.3. The minimum atomic E-state index is -0.560. The SMILES string of the molecule is N#CC(NC1CCCC1)c1cc(Br)ccc1F. The first kappa shape index (κ1) is 12.5. The lowest BCUT2D eigenvalue weighted by atomic mass is 10.1. The number of rotatable bonds is 3. The lowest BCUT2D eigenvalue weighted by molar-refractivity contribution is 0.477. The highest BCUT2D eigenvalue weighted by Gasteiger charge is 2.22. The summed E-state index contributed by atoms with van der Waals surface area (Å²) in [5, 5.41) is 12.4. The molecule has 90 valence electrons. The molecule has 0 heterocycles. The van der Waals surface area contributed by atoms with Crippen LogP contribution in [0.4, 0.5) is 4.39 Å². The van der Waals surface area contributed by atoms with Crippen LogP contribution in [0.1, 0.15) is 37.3 Å². The third-order valence-electron chi connectivity index (χ3n) is 3.16. The Morgan fingerprint density at radius 3 is 2.76 bits per heavy atom. The molecule has 1 aliphatic rings. The summed E-state index contributed by atoms with van der Waals surface area (Å²) >= 11 is 3.30. The fourth-order valence-corrected chi connectivity index (χ4v) is 2.64. The van der Waals surface area contributed by atoms with Gasteiger partial charge in [-0.1, -0.05) is 28.8 Å². The molecule has 0 aromatic heterocycles. The lowest BCUT2D eigenvalue weighted by Gasteiger charge is -2.18. The fourth-order valence-electron chi connectivity index (χ4n) is 2.26. The van der Waals surface area contributed by atoms with Crippen molar-refractivity contribution >= 4 is 15.9 Å². The zero-order valence-electron chi connectivity index (χ0n) is 9.42. The van der Waals surface area contributed by atoms with Gasteiger partial charge in [0.25, 0.3) is 0 Å². The van der Waals surface area contributed by atoms with Crippen LogP contribution in [0.2, 0.25) is 0 Å². The average Bonchev–Trinajstić information content (AvgIpc) is 2.82. The first-order valence-corrected chi connectivity index (χ1v) is 6.60. The largest absolute Gasteiger partial charge is 0.295 e. The molecule has 17 heavy (non-hydrogen) atoms. The molecule has 1 unspecified atom stereocenters. The fraction of sp³-hybridized carbons (Fsp3) is 0.462. The second kappa shape index (κ2) is 5.61. The van der Waals surface area contributed by atoms with Gasteiger partial charge in [0.2, 0.25) is 0 Å². The van der Waals surface area contributed by atoms with E-state index < -0.39 is 6.04 Å². The van der Waals surface area contributed by atoms with Crippen LogP contribution in [0.3, 0.4) is 0 Å². The molecule has 1 saturated carbocycles. The Hall–Kier alpha value is -0.920. The van der Waals surface area contributed by atoms with Crippen molar-refractivity contribution in [2.45, 2.75) is 37.8 Å². The van der Waals surface area contributed by atoms with Gasteiger partial charge in [-0.25, -0.2) is 4.39 Å². The van der Waals surface area contributed by atoms with E-state index in [2.05, 4.69) is 27.3 Å². The van der Waals surface area contributed by atoms with Crippen molar-refractivity contribution in [2.75, 3.05) is 0 Å². The molecule has 4 heteroatoms. The first-order valence-electron chi connectivity index (χ1n) is 5.81. The van der Waals surface area contributed by atoms with E-state index in [1.54, 1.807) is 12.1 Å². The van der Waals surface area contributed by atoms with E-state index in [1.165, 1.54) is 18.9 Å². The molecule has 1 aromatic carbocycles. The summed E-state index contributed by atoms with van der Waals surface area (Å²) in [6.07, 6.45) is 4.54. The minimum absolute atomic E-state index is 0.328. The summed E-state index contributed by atoms with van der Waals surface area (Å²) in [6.45, 7) is 0. The van der Waals surface area contributed by atoms with Crippen molar-refractivity contribution in [3.8, 4) is 6.07 Å². The van der Waals surface area contributed by atoms with E-state index in [1.807, 2.05) is 0 Å². The summed E-state index contributed by atoms with van der Waals surface area (Å²) < 4.78 is 14.5. The van der Waals surface area contributed by atoms with Crippen LogP contribution in [0, 0.1) is 17.1 Å². The Morgan fingerprint density at radius 2 is 2.12 bits per heavy atom. The number of nitriles is 1. The molecule has 1 aliphatic carbocycles. The summed E-state index contributed by atoms with van der Waals surface area (Å²) in [4.78, 5) is 0. The standard InChI is InChI=1S/C13H14BrFN2/c14-9-5-6-12(15)11(7-9)13(8-16)17-10-3-1-2-4-10/h5-7,10,13,17H,1-4H2. The maximum atomic E-state index is 13.7. The third kappa shape index (κ3) is 3.05. The predicted molar refractivity (Wildman–Crippen MR) is 67.8 cm³/mol. The third-order valence-corrected chi connectivity index (χ3v) is 3.65. The van der Waals surface area contributed by atoms with Gasteiger partial charge in [-0.05, 0) is 31.0 Å². The van der Waals surface area contributed by atoms with Crippen molar-refractivity contribution in [2.24, 2.45) is 0 Å². The smallest absolute Gasteiger partial charge is 0.129 e. The Labute approximate surface area is 109 Å². The van der Waals surface area contributed by atoms with E-state index in [0.717, 1.165) is 17.3 Å². The van der Waals surface area contributed by atoms with E-state index in [-0.39, 0.29) is 5.82 Å². The summed E-state index contributed by atoms with van der Waals surface area (Å²) in [5.74, 6) is -0.328. The molecule has 0 aliphatic heterocycles. The monoisotopic (exact) mass is 296 g/mol. The van der Waals surface area contributed by atoms with E-state index in [9.17, 15) is 4.39 Å². The van der Waals surface area contributed by atoms with Crippen LogP contribution >= 0.6 is 15.9 Å². The molecule has 1 fully saturated rings. The molecular formula is C13H14BrFN2. The molecule has 1 N–H and O–H groups in total. The van der Waals surface area contributed by atoms with Crippen LogP contribution in [-0.2, 0) is 0 Å². The Bertz CT molecular complexity index is 436. The number of benzene rings is 1. The maximum Gasteiger partial charge on any atom is 0.129 e. The van der Waals surface area contributed by atoms with E-state index in [0.29, 0.717) is 11.6 Å². The molecule has 1 aromatic rings. The number of hydrogen-bond donors (Lipinski definition) is 1. The Balaban J connectivity index is 2.16. The quantitative estimate of drug-likeness (QED) is 0.923. The molecule has 0 amide bonds. The van der Waals surface area contributed by atoms with Crippen LogP contribution < -0.4 is 5.32 Å². The number of nitrogens with zero attached hydrogens (tertiary/aromatic N) is 1. The highest BCUT2D eigenvalue weighted by Crippen LogP contribution is 2.25. The second-order valence-corrected chi connectivity index (χ2v) is 5.29. The average molecular weight is 297 g/mol. The van der Waals surface area contributed by atoms with Gasteiger partial charge in [0.1, 0.15) is 11.9 Å². The van der Waals surface area contributed by atoms with Gasteiger partial charge in [0, 0.05) is 16.1 Å². The van der Waals surface area contributed by atoms with Crippen LogP contribution in [-0.4, -0.2) is 6.04 Å². The highest BCUT2D eigenvalue weighted by atomic mass is 79.9. The van der Waals surface area contributed by atoms with E-state index >= 15 is 0 Å². The normalized spacial score (nSPS) is 17.9. The van der Waals surface area contributed by atoms with Gasteiger partial charge in [-0.3, -0.25) is 5.32 Å². The zero-order valence-corrected chi connectivity index (χ0v) is 11.0. The predicted octanol–water partition coefficient (Wildman–Crippen LogP) is 3.69. The van der Waals surface area contributed by atoms with Crippen molar-refractivity contribution < 1.29 is 4.39 Å². The molecule has 0 bridgehead atoms. The maximum absolute atomic E-state index is 13.7. The van der Waals surface area contributed by atoms with Crippen molar-refractivity contribution in [1.82, 2.24) is 5.32 Å². The molecule has 2 rings (SSSR count). The molecule has 2 nitrogen and oxygen atoms in total. The topological polar surface area (TPSA) is 35.8 Å². The summed E-state index contributed by atoms with van der Waals surface area (Å²) in [6, 6.07) is 6.63. The summed E-state index contributed by atoms with van der Waals surface area (Å²) in [5.41, 5.74) is 0.425. The van der Waals surface area contributed by atoms with E-state index in [4.69, 9.17) is 5.26 Å². The minimum Gasteiger partial charge on any atom is -0.295 e. The van der Waals surface area contributed by atoms with Gasteiger partial charge in [0.05, 0.1) is 6.07 Å². The Morgan fingerprint density at radius 1 is 1.41 bits per heavy atom. The molecule has 1 atom stereocenters. The number of halogens is 2. The first-order chi connectivity index (χ1) is 8.20. The lowest BCUT2D eigenvalue weighted by Crippen LogP contribution is -2.30. The molecule has 0 saturated heterocycles. The Kier molecular flexibility index (Phi) is 4.14. The van der Waals surface area contributed by atoms with Gasteiger partial charge in [0.15, 0.2) is 0 Å². The van der Waals surface area contributed by atoms with Gasteiger partial charge >= 0.3 is 0 Å². The van der Waals surface area contributed by atoms with Crippen molar-refractivity contribution in [1.29, 1.82) is 5.26 Å². The van der Waals surface area contributed by atoms with Crippen molar-refractivity contribution in [3.05, 3.63) is 34.1 Å². The molecule has 0 spiro atoms. The van der Waals surface area contributed by atoms with Gasteiger partial charge < -0.3 is 0 Å². The molecule has 0 radical (unpaired) electrons. The summed E-state index contributed by atoms with van der Waals surface area (Å²) in [7, 11) is 0.